The van der Waals surface area contributed by atoms with Crippen LogP contribution in [0.2, 0.25) is 0 Å². The molecule has 3 atom stereocenters. The Kier molecular flexibility index (Phi) is 6.87. The van der Waals surface area contributed by atoms with Gasteiger partial charge in [0.15, 0.2) is 0 Å². The molecule has 0 spiro atoms. The molecule has 0 saturated heterocycles. The second kappa shape index (κ2) is 7.94. The monoisotopic (exact) mass is 321 g/mol. The Morgan fingerprint density at radius 3 is 2.48 bits per heavy atom. The second-order valence-electron chi connectivity index (χ2n) is 5.00. The first-order chi connectivity index (χ1) is 9.79. The standard InChI is InChI=1S/C15H22F3NOS/c1-4-11(3)21(20)10-14(19-5-2)12-7-6-8-13(9-12)15(16,17)18/h6-9,11,14,19H,4-5,10H2,1-3H3. The average molecular weight is 321 g/mol. The fourth-order valence-electron chi connectivity index (χ4n) is 1.97. The number of hydrogen-bond acceptors (Lipinski definition) is 2. The van der Waals surface area contributed by atoms with Crippen molar-refractivity contribution in [2.45, 2.75) is 44.7 Å². The van der Waals surface area contributed by atoms with Gasteiger partial charge in [0.1, 0.15) is 0 Å². The summed E-state index contributed by atoms with van der Waals surface area (Å²) in [5, 5.41) is 3.17. The van der Waals surface area contributed by atoms with E-state index >= 15 is 0 Å². The number of benzene rings is 1. The fraction of sp³-hybridized carbons (Fsp3) is 0.600. The molecule has 0 radical (unpaired) electrons. The number of hydrogen-bond donors (Lipinski definition) is 1. The van der Waals surface area contributed by atoms with E-state index in [0.29, 0.717) is 17.9 Å². The van der Waals surface area contributed by atoms with Gasteiger partial charge in [0.05, 0.1) is 5.56 Å². The van der Waals surface area contributed by atoms with Gasteiger partial charge in [0.2, 0.25) is 0 Å². The normalized spacial score (nSPS) is 16.5. The number of halogens is 3. The molecule has 0 bridgehead atoms. The highest BCUT2D eigenvalue weighted by Gasteiger charge is 2.31. The molecule has 0 aromatic heterocycles. The van der Waals surface area contributed by atoms with Gasteiger partial charge in [-0.3, -0.25) is 4.21 Å². The summed E-state index contributed by atoms with van der Waals surface area (Å²) in [4.78, 5) is 0. The lowest BCUT2D eigenvalue weighted by Gasteiger charge is -2.21. The van der Waals surface area contributed by atoms with Crippen molar-refractivity contribution in [3.8, 4) is 0 Å². The van der Waals surface area contributed by atoms with Gasteiger partial charge in [-0.1, -0.05) is 32.9 Å². The molecule has 1 N–H and O–H groups in total. The van der Waals surface area contributed by atoms with Crippen LogP contribution < -0.4 is 5.32 Å². The van der Waals surface area contributed by atoms with Gasteiger partial charge in [-0.05, 0) is 30.7 Å². The van der Waals surface area contributed by atoms with Crippen LogP contribution in [0.5, 0.6) is 0 Å². The van der Waals surface area contributed by atoms with Gasteiger partial charge in [-0.2, -0.15) is 13.2 Å². The molecule has 2 nitrogen and oxygen atoms in total. The summed E-state index contributed by atoms with van der Waals surface area (Å²) in [6.45, 7) is 6.34. The molecule has 21 heavy (non-hydrogen) atoms. The molecule has 0 aliphatic rings. The van der Waals surface area contributed by atoms with Crippen LogP contribution in [0.1, 0.15) is 44.4 Å². The molecule has 0 fully saturated rings. The van der Waals surface area contributed by atoms with E-state index in [2.05, 4.69) is 5.32 Å². The third-order valence-electron chi connectivity index (χ3n) is 3.42. The van der Waals surface area contributed by atoms with Crippen molar-refractivity contribution in [3.05, 3.63) is 35.4 Å². The molecule has 0 aliphatic heterocycles. The van der Waals surface area contributed by atoms with Crippen molar-refractivity contribution >= 4 is 10.8 Å². The summed E-state index contributed by atoms with van der Waals surface area (Å²) >= 11 is 0. The van der Waals surface area contributed by atoms with Crippen molar-refractivity contribution in [1.29, 1.82) is 0 Å². The molecule has 6 heteroatoms. The van der Waals surface area contributed by atoms with Gasteiger partial charge in [0, 0.05) is 27.8 Å². The largest absolute Gasteiger partial charge is 0.416 e. The van der Waals surface area contributed by atoms with E-state index in [1.807, 2.05) is 20.8 Å². The van der Waals surface area contributed by atoms with Gasteiger partial charge < -0.3 is 5.32 Å². The van der Waals surface area contributed by atoms with Crippen LogP contribution >= 0.6 is 0 Å². The van der Waals surface area contributed by atoms with Gasteiger partial charge in [-0.15, -0.1) is 0 Å². The van der Waals surface area contributed by atoms with E-state index in [1.165, 1.54) is 6.07 Å². The lowest BCUT2D eigenvalue weighted by Crippen LogP contribution is -2.29. The van der Waals surface area contributed by atoms with Crippen LogP contribution in [0, 0.1) is 0 Å². The van der Waals surface area contributed by atoms with E-state index < -0.39 is 22.5 Å². The van der Waals surface area contributed by atoms with Crippen molar-refractivity contribution < 1.29 is 17.4 Å². The smallest absolute Gasteiger partial charge is 0.309 e. The molecule has 1 rings (SSSR count). The third kappa shape index (κ3) is 5.43. The first kappa shape index (κ1) is 18.2. The summed E-state index contributed by atoms with van der Waals surface area (Å²) in [5.74, 6) is 0.324. The van der Waals surface area contributed by atoms with Crippen molar-refractivity contribution in [2.75, 3.05) is 12.3 Å². The van der Waals surface area contributed by atoms with Gasteiger partial charge >= 0.3 is 6.18 Å². The zero-order valence-corrected chi connectivity index (χ0v) is 13.4. The Hall–Kier alpha value is -0.880. The predicted octanol–water partition coefficient (Wildman–Crippen LogP) is 3.90. The Morgan fingerprint density at radius 1 is 1.29 bits per heavy atom. The maximum absolute atomic E-state index is 12.8. The van der Waals surface area contributed by atoms with Crippen LogP contribution in [0.3, 0.4) is 0 Å². The Bertz CT molecular complexity index is 476. The van der Waals surface area contributed by atoms with Crippen molar-refractivity contribution in [3.63, 3.8) is 0 Å². The van der Waals surface area contributed by atoms with E-state index in [-0.39, 0.29) is 11.3 Å². The highest BCUT2D eigenvalue weighted by molar-refractivity contribution is 7.85. The SMILES string of the molecule is CCNC(CS(=O)C(C)CC)c1cccc(C(F)(F)F)c1. The number of alkyl halides is 3. The first-order valence-corrected chi connectivity index (χ1v) is 8.45. The molecule has 1 aromatic carbocycles. The molecule has 0 amide bonds. The van der Waals surface area contributed by atoms with Gasteiger partial charge in [0.25, 0.3) is 0 Å². The molecule has 3 unspecified atom stereocenters. The predicted molar refractivity (Wildman–Crippen MR) is 80.6 cm³/mol. The average Bonchev–Trinajstić information content (AvgIpc) is 2.45. The first-order valence-electron chi connectivity index (χ1n) is 7.07. The molecule has 1 aromatic rings. The van der Waals surface area contributed by atoms with Crippen LogP contribution in [-0.4, -0.2) is 21.8 Å². The van der Waals surface area contributed by atoms with E-state index in [1.54, 1.807) is 6.07 Å². The topological polar surface area (TPSA) is 29.1 Å². The third-order valence-corrected chi connectivity index (χ3v) is 5.31. The maximum Gasteiger partial charge on any atom is 0.416 e. The summed E-state index contributed by atoms with van der Waals surface area (Å²) in [7, 11) is -1.07. The fourth-order valence-corrected chi connectivity index (χ4v) is 3.30. The summed E-state index contributed by atoms with van der Waals surface area (Å²) in [6, 6.07) is 4.91. The molecule has 0 saturated carbocycles. The van der Waals surface area contributed by atoms with Crippen LogP contribution in [0.25, 0.3) is 0 Å². The van der Waals surface area contributed by atoms with Crippen LogP contribution in [0.15, 0.2) is 24.3 Å². The zero-order valence-electron chi connectivity index (χ0n) is 12.5. The summed E-state index contributed by atoms with van der Waals surface area (Å²) in [5.41, 5.74) is -0.138. The van der Waals surface area contributed by atoms with E-state index in [9.17, 15) is 17.4 Å². The molecular weight excluding hydrogens is 299 g/mol. The molecule has 0 heterocycles. The quantitative estimate of drug-likeness (QED) is 0.825. The van der Waals surface area contributed by atoms with Crippen LogP contribution in [-0.2, 0) is 17.0 Å². The highest BCUT2D eigenvalue weighted by Crippen LogP contribution is 2.31. The minimum atomic E-state index is -4.36. The Balaban J connectivity index is 2.98. The number of nitrogens with one attached hydrogen (secondary N) is 1. The Morgan fingerprint density at radius 2 is 1.95 bits per heavy atom. The lowest BCUT2D eigenvalue weighted by atomic mass is 10.0. The lowest BCUT2D eigenvalue weighted by molar-refractivity contribution is -0.137. The molecule has 0 aliphatic carbocycles. The van der Waals surface area contributed by atoms with E-state index in [0.717, 1.165) is 18.6 Å². The summed E-state index contributed by atoms with van der Waals surface area (Å²) < 4.78 is 50.5. The van der Waals surface area contributed by atoms with Gasteiger partial charge in [-0.25, -0.2) is 0 Å². The highest BCUT2D eigenvalue weighted by atomic mass is 32.2. The minimum Gasteiger partial charge on any atom is -0.309 e. The maximum atomic E-state index is 12.8. The minimum absolute atomic E-state index is 0.0388. The Labute approximate surface area is 126 Å². The van der Waals surface area contributed by atoms with Crippen molar-refractivity contribution in [2.24, 2.45) is 0 Å². The number of rotatable bonds is 7. The van der Waals surface area contributed by atoms with Crippen LogP contribution in [0.4, 0.5) is 13.2 Å². The summed E-state index contributed by atoms with van der Waals surface area (Å²) in [6.07, 6.45) is -3.57. The molecular formula is C15H22F3NOS. The van der Waals surface area contributed by atoms with E-state index in [4.69, 9.17) is 0 Å². The van der Waals surface area contributed by atoms with Crippen molar-refractivity contribution in [1.82, 2.24) is 5.32 Å². The second-order valence-corrected chi connectivity index (χ2v) is 6.90. The molecule has 120 valence electrons. The zero-order chi connectivity index (χ0) is 16.0.